The summed E-state index contributed by atoms with van der Waals surface area (Å²) >= 11 is 0. The summed E-state index contributed by atoms with van der Waals surface area (Å²) in [5.41, 5.74) is 6.64. The van der Waals surface area contributed by atoms with Crippen molar-refractivity contribution in [2.75, 3.05) is 5.73 Å². The first-order valence-electron chi connectivity index (χ1n) is 5.64. The van der Waals surface area contributed by atoms with Crippen LogP contribution in [0.4, 0.5) is 14.5 Å². The van der Waals surface area contributed by atoms with Crippen LogP contribution in [0, 0.1) is 11.6 Å². The van der Waals surface area contributed by atoms with Crippen LogP contribution in [-0.4, -0.2) is 15.1 Å². The predicted molar refractivity (Wildman–Crippen MR) is 67.3 cm³/mol. The minimum atomic E-state index is -0.711. The van der Waals surface area contributed by atoms with Gasteiger partial charge in [0.05, 0.1) is 11.9 Å². The minimum Gasteiger partial charge on any atom is -0.397 e. The minimum absolute atomic E-state index is 0.0806. The average molecular weight is 274 g/mol. The van der Waals surface area contributed by atoms with Crippen LogP contribution in [0.1, 0.15) is 0 Å². The van der Waals surface area contributed by atoms with Crippen molar-refractivity contribution in [2.45, 2.75) is 0 Å². The molecule has 3 aromatic rings. The Bertz CT molecular complexity index is 735. The number of aromatic nitrogens is 3. The molecule has 2 heterocycles. The van der Waals surface area contributed by atoms with Crippen LogP contribution in [0.5, 0.6) is 0 Å². The Morgan fingerprint density at radius 3 is 2.45 bits per heavy atom. The molecule has 0 spiro atoms. The van der Waals surface area contributed by atoms with E-state index in [1.165, 1.54) is 6.20 Å². The van der Waals surface area contributed by atoms with Gasteiger partial charge in [0.15, 0.2) is 0 Å². The summed E-state index contributed by atoms with van der Waals surface area (Å²) < 4.78 is 31.3. The highest BCUT2D eigenvalue weighted by Crippen LogP contribution is 2.22. The summed E-state index contributed by atoms with van der Waals surface area (Å²) in [5, 5.41) is 3.68. The number of halogens is 2. The number of nitrogens with two attached hydrogens (primary N) is 1. The highest BCUT2D eigenvalue weighted by Gasteiger charge is 2.13. The van der Waals surface area contributed by atoms with Crippen LogP contribution in [0.25, 0.3) is 23.0 Å². The standard InChI is InChI=1S/C13H8F2N4O/c14-8-3-7(4-9(15)5-8)12-18-13(20-19-12)11-2-1-10(16)6-17-11/h1-6H,16H2. The third kappa shape index (κ3) is 2.33. The van der Waals surface area contributed by atoms with Crippen LogP contribution in [-0.2, 0) is 0 Å². The topological polar surface area (TPSA) is 77.8 Å². The molecule has 2 aromatic heterocycles. The van der Waals surface area contributed by atoms with Crippen LogP contribution in [0.2, 0.25) is 0 Å². The largest absolute Gasteiger partial charge is 0.397 e. The van der Waals surface area contributed by atoms with Gasteiger partial charge in [-0.15, -0.1) is 0 Å². The number of hydrogen-bond acceptors (Lipinski definition) is 5. The van der Waals surface area contributed by atoms with E-state index >= 15 is 0 Å². The number of hydrogen-bond donors (Lipinski definition) is 1. The van der Waals surface area contributed by atoms with E-state index < -0.39 is 11.6 Å². The third-order valence-electron chi connectivity index (χ3n) is 2.55. The maximum atomic E-state index is 13.1. The van der Waals surface area contributed by atoms with Crippen LogP contribution in [0.15, 0.2) is 41.1 Å². The zero-order valence-corrected chi connectivity index (χ0v) is 10.0. The van der Waals surface area contributed by atoms with Crippen molar-refractivity contribution < 1.29 is 13.3 Å². The van der Waals surface area contributed by atoms with Gasteiger partial charge in [0.1, 0.15) is 17.3 Å². The number of rotatable bonds is 2. The van der Waals surface area contributed by atoms with Gasteiger partial charge in [-0.05, 0) is 24.3 Å². The van der Waals surface area contributed by atoms with Gasteiger partial charge in [-0.1, -0.05) is 5.16 Å². The van der Waals surface area contributed by atoms with E-state index in [1.54, 1.807) is 12.1 Å². The molecule has 0 saturated carbocycles. The molecule has 0 aliphatic heterocycles. The van der Waals surface area contributed by atoms with Crippen molar-refractivity contribution in [3.63, 3.8) is 0 Å². The molecule has 2 N–H and O–H groups in total. The van der Waals surface area contributed by atoms with E-state index in [1.807, 2.05) is 0 Å². The van der Waals surface area contributed by atoms with Crippen molar-refractivity contribution in [2.24, 2.45) is 0 Å². The molecule has 0 saturated heterocycles. The smallest absolute Gasteiger partial charge is 0.276 e. The summed E-state index contributed by atoms with van der Waals surface area (Å²) in [6, 6.07) is 6.25. The van der Waals surface area contributed by atoms with Crippen molar-refractivity contribution in [3.8, 4) is 23.0 Å². The molecule has 5 nitrogen and oxygen atoms in total. The molecule has 0 fully saturated rings. The Hall–Kier alpha value is -2.83. The van der Waals surface area contributed by atoms with Gasteiger partial charge in [0, 0.05) is 11.6 Å². The van der Waals surface area contributed by atoms with Crippen molar-refractivity contribution in [1.82, 2.24) is 15.1 Å². The van der Waals surface area contributed by atoms with Gasteiger partial charge >= 0.3 is 0 Å². The van der Waals surface area contributed by atoms with Gasteiger partial charge in [0.25, 0.3) is 5.89 Å². The Labute approximate surface area is 112 Å². The molecule has 20 heavy (non-hydrogen) atoms. The second kappa shape index (κ2) is 4.69. The lowest BCUT2D eigenvalue weighted by Gasteiger charge is -1.95. The SMILES string of the molecule is Nc1ccc(-c2nc(-c3cc(F)cc(F)c3)no2)nc1. The fraction of sp³-hybridized carbons (Fsp3) is 0. The highest BCUT2D eigenvalue weighted by molar-refractivity contribution is 5.58. The molecule has 100 valence electrons. The zero-order chi connectivity index (χ0) is 14.1. The van der Waals surface area contributed by atoms with Gasteiger partial charge in [-0.25, -0.2) is 13.8 Å². The molecule has 0 atom stereocenters. The molecule has 7 heteroatoms. The molecule has 0 bridgehead atoms. The lowest BCUT2D eigenvalue weighted by molar-refractivity contribution is 0.431. The van der Waals surface area contributed by atoms with E-state index in [-0.39, 0.29) is 17.3 Å². The fourth-order valence-corrected chi connectivity index (χ4v) is 1.66. The van der Waals surface area contributed by atoms with Crippen molar-refractivity contribution in [1.29, 1.82) is 0 Å². The molecule has 0 aliphatic carbocycles. The number of nitrogen functional groups attached to an aromatic ring is 1. The quantitative estimate of drug-likeness (QED) is 0.777. The molecule has 0 radical (unpaired) electrons. The van der Waals surface area contributed by atoms with Gasteiger partial charge in [-0.3, -0.25) is 0 Å². The van der Waals surface area contributed by atoms with Crippen LogP contribution in [0.3, 0.4) is 0 Å². The first-order valence-corrected chi connectivity index (χ1v) is 5.64. The zero-order valence-electron chi connectivity index (χ0n) is 10.0. The molecule has 1 aromatic carbocycles. The Kier molecular flexibility index (Phi) is 2.86. The maximum Gasteiger partial charge on any atom is 0.276 e. The second-order valence-corrected chi connectivity index (χ2v) is 4.06. The Morgan fingerprint density at radius 1 is 1.05 bits per heavy atom. The van der Waals surface area contributed by atoms with Crippen molar-refractivity contribution in [3.05, 3.63) is 48.2 Å². The van der Waals surface area contributed by atoms with E-state index in [4.69, 9.17) is 10.3 Å². The number of benzene rings is 1. The van der Waals surface area contributed by atoms with E-state index in [0.29, 0.717) is 11.4 Å². The van der Waals surface area contributed by atoms with Crippen LogP contribution >= 0.6 is 0 Å². The molecule has 0 aliphatic rings. The number of anilines is 1. The average Bonchev–Trinajstić information content (AvgIpc) is 2.88. The first kappa shape index (κ1) is 12.2. The highest BCUT2D eigenvalue weighted by atomic mass is 19.1. The van der Waals surface area contributed by atoms with Gasteiger partial charge in [0.2, 0.25) is 5.82 Å². The van der Waals surface area contributed by atoms with Crippen molar-refractivity contribution >= 4 is 5.69 Å². The summed E-state index contributed by atoms with van der Waals surface area (Å²) in [5.74, 6) is -1.20. The van der Waals surface area contributed by atoms with Crippen LogP contribution < -0.4 is 5.73 Å². The van der Waals surface area contributed by atoms with Gasteiger partial charge in [-0.2, -0.15) is 4.98 Å². The maximum absolute atomic E-state index is 13.1. The fourth-order valence-electron chi connectivity index (χ4n) is 1.66. The molecular weight excluding hydrogens is 266 g/mol. The molecule has 0 unspecified atom stereocenters. The lowest BCUT2D eigenvalue weighted by atomic mass is 10.2. The number of pyridine rings is 1. The summed E-state index contributed by atoms with van der Waals surface area (Å²) in [7, 11) is 0. The monoisotopic (exact) mass is 274 g/mol. The lowest BCUT2D eigenvalue weighted by Crippen LogP contribution is -1.89. The second-order valence-electron chi connectivity index (χ2n) is 4.06. The summed E-state index contributed by atoms with van der Waals surface area (Å²) in [6.07, 6.45) is 1.45. The third-order valence-corrected chi connectivity index (χ3v) is 2.55. The predicted octanol–water partition coefficient (Wildman–Crippen LogP) is 2.66. The van der Waals surface area contributed by atoms with E-state index in [9.17, 15) is 8.78 Å². The Morgan fingerprint density at radius 2 is 1.80 bits per heavy atom. The molecule has 3 rings (SSSR count). The van der Waals surface area contributed by atoms with E-state index in [0.717, 1.165) is 18.2 Å². The van der Waals surface area contributed by atoms with E-state index in [2.05, 4.69) is 15.1 Å². The Balaban J connectivity index is 1.99. The molecular formula is C13H8F2N4O. The van der Waals surface area contributed by atoms with Gasteiger partial charge < -0.3 is 10.3 Å². The first-order chi connectivity index (χ1) is 9.61. The molecule has 0 amide bonds. The normalized spacial score (nSPS) is 10.7. The summed E-state index contributed by atoms with van der Waals surface area (Å²) in [6.45, 7) is 0. The number of nitrogens with zero attached hydrogens (tertiary/aromatic N) is 3. The summed E-state index contributed by atoms with van der Waals surface area (Å²) in [4.78, 5) is 8.07.